The number of hydrogen-bond donors (Lipinski definition) is 0. The minimum atomic E-state index is -1.04. The molecule has 4 nitrogen and oxygen atoms in total. The van der Waals surface area contributed by atoms with Crippen molar-refractivity contribution in [1.29, 1.82) is 0 Å². The second-order valence-corrected chi connectivity index (χ2v) is 6.06. The molecule has 1 aromatic carbocycles. The van der Waals surface area contributed by atoms with E-state index in [1.165, 1.54) is 0 Å². The summed E-state index contributed by atoms with van der Waals surface area (Å²) in [7, 11) is 1.73. The van der Waals surface area contributed by atoms with Crippen molar-refractivity contribution in [2.75, 3.05) is 23.4 Å². The summed E-state index contributed by atoms with van der Waals surface area (Å²) in [5.41, 5.74) is 1.61. The molecule has 0 N–H and O–H groups in total. The largest absolute Gasteiger partial charge is 1.00 e. The molecule has 0 radical (unpaired) electrons. The summed E-state index contributed by atoms with van der Waals surface area (Å²) in [5.74, 6) is -0.325. The SMILES string of the molecule is CCN1C(=O)C(C)(C)C(=O)N(C)c2cc(CBr)ccc21.[Br-].[Li+]. The van der Waals surface area contributed by atoms with Crippen LogP contribution in [0.5, 0.6) is 0 Å². The molecule has 0 unspecified atom stereocenters. The van der Waals surface area contributed by atoms with Gasteiger partial charge >= 0.3 is 18.9 Å². The number of carbonyl (C=O) groups is 2. The molecule has 0 aliphatic carbocycles. The second kappa shape index (κ2) is 8.01. The van der Waals surface area contributed by atoms with E-state index in [1.807, 2.05) is 25.1 Å². The molecule has 0 saturated heterocycles. The summed E-state index contributed by atoms with van der Waals surface area (Å²) in [6, 6.07) is 5.85. The summed E-state index contributed by atoms with van der Waals surface area (Å²) in [6.07, 6.45) is 0. The van der Waals surface area contributed by atoms with Crippen molar-refractivity contribution in [1.82, 2.24) is 0 Å². The zero-order valence-corrected chi connectivity index (χ0v) is 16.8. The van der Waals surface area contributed by atoms with Crippen LogP contribution in [0.3, 0.4) is 0 Å². The van der Waals surface area contributed by atoms with Crippen LogP contribution in [0.2, 0.25) is 0 Å². The van der Waals surface area contributed by atoms with E-state index in [0.29, 0.717) is 11.9 Å². The molecule has 22 heavy (non-hydrogen) atoms. The van der Waals surface area contributed by atoms with Crippen LogP contribution in [0.25, 0.3) is 0 Å². The molecule has 1 aliphatic heterocycles. The van der Waals surface area contributed by atoms with Crippen LogP contribution in [0.15, 0.2) is 18.2 Å². The van der Waals surface area contributed by atoms with E-state index in [-0.39, 0.29) is 47.7 Å². The van der Waals surface area contributed by atoms with Crippen molar-refractivity contribution in [3.63, 3.8) is 0 Å². The first kappa shape index (κ1) is 21.7. The fourth-order valence-electron chi connectivity index (χ4n) is 2.53. The Hall–Kier alpha value is -0.283. The molecule has 0 aromatic heterocycles. The van der Waals surface area contributed by atoms with Crippen molar-refractivity contribution >= 4 is 39.1 Å². The van der Waals surface area contributed by atoms with Crippen LogP contribution in [0.4, 0.5) is 11.4 Å². The third kappa shape index (κ3) is 3.45. The van der Waals surface area contributed by atoms with Gasteiger partial charge in [-0.15, -0.1) is 0 Å². The normalized spacial score (nSPS) is 16.4. The predicted molar refractivity (Wildman–Crippen MR) is 84.3 cm³/mol. The Morgan fingerprint density at radius 3 is 2.23 bits per heavy atom. The van der Waals surface area contributed by atoms with Crippen molar-refractivity contribution < 1.29 is 45.4 Å². The number of carbonyl (C=O) groups excluding carboxylic acids is 2. The first-order valence-electron chi connectivity index (χ1n) is 6.63. The first-order chi connectivity index (χ1) is 9.34. The standard InChI is InChI=1S/C15H19BrN2O2.BrH.Li/c1-5-18-11-7-6-10(9-16)8-12(11)17(4)13(19)15(2,3)14(18)20;;/h6-8H,5,9H2,1-4H3;1H;/q;;+1/p-1. The fourth-order valence-corrected chi connectivity index (χ4v) is 2.88. The summed E-state index contributed by atoms with van der Waals surface area (Å²) in [6.45, 7) is 5.85. The van der Waals surface area contributed by atoms with E-state index in [0.717, 1.165) is 16.9 Å². The minimum absolute atomic E-state index is 0. The molecule has 0 fully saturated rings. The van der Waals surface area contributed by atoms with Gasteiger partial charge in [0, 0.05) is 18.9 Å². The van der Waals surface area contributed by atoms with Gasteiger partial charge in [-0.25, -0.2) is 0 Å². The maximum atomic E-state index is 12.6. The van der Waals surface area contributed by atoms with Crippen LogP contribution in [0, 0.1) is 5.41 Å². The molecule has 0 bridgehead atoms. The van der Waals surface area contributed by atoms with Crippen LogP contribution in [-0.2, 0) is 14.9 Å². The van der Waals surface area contributed by atoms with Gasteiger partial charge in [-0.1, -0.05) is 22.0 Å². The number of nitrogens with zero attached hydrogens (tertiary/aromatic N) is 2. The molecule has 2 amide bonds. The average molecular weight is 426 g/mol. The topological polar surface area (TPSA) is 40.6 Å². The van der Waals surface area contributed by atoms with Gasteiger partial charge in [0.05, 0.1) is 11.4 Å². The van der Waals surface area contributed by atoms with Gasteiger partial charge in [-0.3, -0.25) is 9.59 Å². The number of rotatable bonds is 2. The molecular formula is C15H19Br2LiN2O2. The number of halogens is 2. The number of anilines is 2. The van der Waals surface area contributed by atoms with E-state index in [2.05, 4.69) is 15.9 Å². The third-order valence-corrected chi connectivity index (χ3v) is 4.43. The Balaban J connectivity index is 0.00000220. The number of fused-ring (bicyclic) bond motifs is 1. The van der Waals surface area contributed by atoms with Gasteiger partial charge in [0.25, 0.3) is 0 Å². The number of hydrogen-bond acceptors (Lipinski definition) is 2. The molecule has 0 saturated carbocycles. The van der Waals surface area contributed by atoms with Gasteiger partial charge < -0.3 is 26.8 Å². The predicted octanol–water partition coefficient (Wildman–Crippen LogP) is -3.05. The zero-order valence-electron chi connectivity index (χ0n) is 13.6. The molecule has 0 atom stereocenters. The quantitative estimate of drug-likeness (QED) is 0.287. The summed E-state index contributed by atoms with van der Waals surface area (Å²) >= 11 is 3.42. The van der Waals surface area contributed by atoms with Crippen molar-refractivity contribution in [3.8, 4) is 0 Å². The molecule has 2 rings (SSSR count). The fraction of sp³-hybridized carbons (Fsp3) is 0.467. The van der Waals surface area contributed by atoms with Gasteiger partial charge in [0.1, 0.15) is 5.41 Å². The van der Waals surface area contributed by atoms with E-state index in [9.17, 15) is 9.59 Å². The van der Waals surface area contributed by atoms with Crippen molar-refractivity contribution in [2.24, 2.45) is 5.41 Å². The molecule has 1 aromatic rings. The maximum Gasteiger partial charge on any atom is 1.00 e. The smallest absolute Gasteiger partial charge is 1.00 e. The summed E-state index contributed by atoms with van der Waals surface area (Å²) < 4.78 is 0. The van der Waals surface area contributed by atoms with Crippen LogP contribution >= 0.6 is 15.9 Å². The van der Waals surface area contributed by atoms with Gasteiger partial charge in [0.15, 0.2) is 0 Å². The van der Waals surface area contributed by atoms with Crippen LogP contribution in [-0.4, -0.2) is 25.4 Å². The van der Waals surface area contributed by atoms with E-state index in [4.69, 9.17) is 0 Å². The minimum Gasteiger partial charge on any atom is -1.00 e. The molecule has 1 aliphatic rings. The Morgan fingerprint density at radius 2 is 1.73 bits per heavy atom. The molecule has 0 spiro atoms. The summed E-state index contributed by atoms with van der Waals surface area (Å²) in [5, 5.41) is 0.714. The first-order valence-corrected chi connectivity index (χ1v) is 7.75. The van der Waals surface area contributed by atoms with Gasteiger partial charge in [-0.2, -0.15) is 0 Å². The van der Waals surface area contributed by atoms with Crippen LogP contribution < -0.4 is 45.6 Å². The number of alkyl halides is 1. The van der Waals surface area contributed by atoms with Gasteiger partial charge in [-0.05, 0) is 38.5 Å². The van der Waals surface area contributed by atoms with E-state index < -0.39 is 5.41 Å². The molecule has 1 heterocycles. The second-order valence-electron chi connectivity index (χ2n) is 5.50. The van der Waals surface area contributed by atoms with E-state index >= 15 is 0 Å². The summed E-state index contributed by atoms with van der Waals surface area (Å²) in [4.78, 5) is 28.5. The number of benzene rings is 1. The Labute approximate surface area is 162 Å². The van der Waals surface area contributed by atoms with Gasteiger partial charge in [0.2, 0.25) is 11.8 Å². The van der Waals surface area contributed by atoms with Crippen LogP contribution in [0.1, 0.15) is 26.3 Å². The van der Waals surface area contributed by atoms with E-state index in [1.54, 1.807) is 30.7 Å². The molecule has 116 valence electrons. The molecule has 7 heteroatoms. The Bertz CT molecular complexity index is 579. The van der Waals surface area contributed by atoms with Crippen molar-refractivity contribution in [2.45, 2.75) is 26.1 Å². The molecular weight excluding hydrogens is 407 g/mol. The zero-order chi connectivity index (χ0) is 15.1. The Morgan fingerprint density at radius 1 is 1.14 bits per heavy atom. The van der Waals surface area contributed by atoms with Crippen molar-refractivity contribution in [3.05, 3.63) is 23.8 Å². The maximum absolute atomic E-state index is 12.6. The third-order valence-electron chi connectivity index (χ3n) is 3.78. The monoisotopic (exact) mass is 424 g/mol. The number of amides is 2. The average Bonchev–Trinajstić information content (AvgIpc) is 2.50. The Kier molecular flexibility index (Phi) is 7.90.